The van der Waals surface area contributed by atoms with Crippen LogP contribution in [0.1, 0.15) is 51.6 Å². The van der Waals surface area contributed by atoms with Crippen LogP contribution < -0.4 is 15.4 Å². The Labute approximate surface area is 380 Å². The lowest BCUT2D eigenvalue weighted by molar-refractivity contribution is -0.177. The first-order valence-corrected chi connectivity index (χ1v) is 22.4. The number of aromatic nitrogens is 1. The van der Waals surface area contributed by atoms with Crippen LogP contribution in [0.5, 0.6) is 5.75 Å². The summed E-state index contributed by atoms with van der Waals surface area (Å²) in [5.74, 6) is 4.14. The number of hydrogen-bond acceptors (Lipinski definition) is 10. The van der Waals surface area contributed by atoms with Gasteiger partial charge in [-0.1, -0.05) is 138 Å². The number of benzene rings is 6. The number of carbonyl (C=O) groups excluding carboxylic acids is 3. The number of carbonyl (C=O) groups is 3. The van der Waals surface area contributed by atoms with E-state index < -0.39 is 53.3 Å². The number of fused-ring (bicyclic) bond motifs is 4. The van der Waals surface area contributed by atoms with Crippen LogP contribution in [-0.4, -0.2) is 70.5 Å². The Hall–Kier alpha value is -7.14. The molecule has 6 aromatic carbocycles. The van der Waals surface area contributed by atoms with Crippen LogP contribution in [-0.2, 0) is 31.1 Å². The van der Waals surface area contributed by atoms with Crippen LogP contribution in [0.4, 0.5) is 10.8 Å². The minimum atomic E-state index is -1.74. The Morgan fingerprint density at radius 2 is 1.57 bits per heavy atom. The Morgan fingerprint density at radius 1 is 0.862 bits per heavy atom. The molecular formula is C53H45N5O6S. The van der Waals surface area contributed by atoms with E-state index in [9.17, 15) is 5.11 Å². The van der Waals surface area contributed by atoms with Gasteiger partial charge in [0.05, 0.1) is 41.4 Å². The number of para-hydroxylation sites is 1. The van der Waals surface area contributed by atoms with Crippen LogP contribution in [0.15, 0.2) is 158 Å². The molecule has 1 spiro atoms. The third-order valence-corrected chi connectivity index (χ3v) is 13.5. The summed E-state index contributed by atoms with van der Waals surface area (Å²) < 4.78 is 13.4. The van der Waals surface area contributed by atoms with Gasteiger partial charge in [-0.3, -0.25) is 24.2 Å². The zero-order valence-corrected chi connectivity index (χ0v) is 36.3. The molecule has 0 aliphatic carbocycles. The summed E-state index contributed by atoms with van der Waals surface area (Å²) in [6.07, 6.45) is -0.823. The van der Waals surface area contributed by atoms with Crippen LogP contribution in [0.3, 0.4) is 0 Å². The van der Waals surface area contributed by atoms with E-state index in [4.69, 9.17) is 14.5 Å². The van der Waals surface area contributed by atoms with Gasteiger partial charge in [-0.25, -0.2) is 4.98 Å². The maximum absolute atomic E-state index is 15.6. The van der Waals surface area contributed by atoms with Crippen LogP contribution in [0, 0.1) is 17.8 Å². The van der Waals surface area contributed by atoms with E-state index in [0.29, 0.717) is 45.3 Å². The molecule has 3 aliphatic rings. The minimum Gasteiger partial charge on any atom is -0.491 e. The smallest absolute Gasteiger partial charge is 0.324 e. The van der Waals surface area contributed by atoms with Gasteiger partial charge in [-0.2, -0.15) is 0 Å². The highest BCUT2D eigenvalue weighted by atomic mass is 32.1. The Bertz CT molecular complexity index is 2920. The van der Waals surface area contributed by atoms with Gasteiger partial charge in [0.1, 0.15) is 29.9 Å². The molecule has 7 aromatic rings. The van der Waals surface area contributed by atoms with Gasteiger partial charge in [0.25, 0.3) is 0 Å². The van der Waals surface area contributed by atoms with Gasteiger partial charge in [0, 0.05) is 17.8 Å². The molecule has 2 amide bonds. The molecule has 1 aromatic heterocycles. The number of aliphatic hydroxyl groups excluding tert-OH is 1. The molecule has 0 radical (unpaired) electrons. The van der Waals surface area contributed by atoms with Crippen molar-refractivity contribution < 1.29 is 29.0 Å². The number of morpholine rings is 1. The monoisotopic (exact) mass is 879 g/mol. The Morgan fingerprint density at radius 3 is 2.32 bits per heavy atom. The number of nitrogens with zero attached hydrogens (tertiary/aromatic N) is 3. The number of nitrogens with one attached hydrogen (secondary N) is 2. The lowest BCUT2D eigenvalue weighted by Crippen LogP contribution is -2.53. The third kappa shape index (κ3) is 7.72. The number of anilines is 2. The molecule has 3 aliphatic heterocycles. The molecule has 324 valence electrons. The Kier molecular flexibility index (Phi) is 11.5. The first-order chi connectivity index (χ1) is 31.8. The number of thiazole rings is 1. The zero-order chi connectivity index (χ0) is 44.5. The predicted molar refractivity (Wildman–Crippen MR) is 250 cm³/mol. The van der Waals surface area contributed by atoms with E-state index in [1.165, 1.54) is 16.9 Å². The number of aliphatic hydroxyl groups is 1. The van der Waals surface area contributed by atoms with Gasteiger partial charge in [-0.05, 0) is 77.3 Å². The van der Waals surface area contributed by atoms with E-state index >= 15 is 14.4 Å². The molecule has 3 N–H and O–H groups in total. The standard InChI is InChI=1S/C53H45N5O6S/c1-57(33-35-15-5-2-6-16-35)28-14-17-34-26-27-41-40(31-34)53(51(62)54-41)44(49(60)56-52-55-42-24-11-12-25-43(42)65-52)46-50(61)64-47(37-20-9-4-10-21-37)45(36-18-7-3-8-19-36)58(46)48(53)38-22-13-23-39(32-38)63-30-29-59/h2-13,15-16,18-27,31-32,44-48,59H,28-30,33H2,1H3,(H,54,62)(H,55,56,60). The molecule has 10 rings (SSSR count). The van der Waals surface area contributed by atoms with Gasteiger partial charge in [0.2, 0.25) is 11.8 Å². The fourth-order valence-electron chi connectivity index (χ4n) is 9.95. The van der Waals surface area contributed by atoms with Gasteiger partial charge in [0.15, 0.2) is 5.13 Å². The van der Waals surface area contributed by atoms with Crippen molar-refractivity contribution in [2.24, 2.45) is 5.92 Å². The van der Waals surface area contributed by atoms with Crippen molar-refractivity contribution in [3.8, 4) is 17.6 Å². The maximum Gasteiger partial charge on any atom is 0.324 e. The number of amides is 2. The number of ether oxygens (including phenoxy) is 2. The summed E-state index contributed by atoms with van der Waals surface area (Å²) in [6.45, 7) is 1.03. The molecular weight excluding hydrogens is 835 g/mol. The van der Waals surface area contributed by atoms with Gasteiger partial charge < -0.3 is 25.2 Å². The summed E-state index contributed by atoms with van der Waals surface area (Å²) in [6, 6.07) is 47.2. The predicted octanol–water partition coefficient (Wildman–Crippen LogP) is 8.06. The average Bonchev–Trinajstić information content (AvgIpc) is 3.98. The van der Waals surface area contributed by atoms with Gasteiger partial charge in [-0.15, -0.1) is 0 Å². The number of cyclic esters (lactones) is 1. The first kappa shape index (κ1) is 41.8. The van der Waals surface area contributed by atoms with Crippen molar-refractivity contribution in [2.75, 3.05) is 37.4 Å². The van der Waals surface area contributed by atoms with E-state index in [1.807, 2.05) is 151 Å². The molecule has 12 heteroatoms. The number of hydrogen-bond donors (Lipinski definition) is 3. The molecule has 6 unspecified atom stereocenters. The molecule has 2 saturated heterocycles. The van der Waals surface area contributed by atoms with Crippen molar-refractivity contribution in [2.45, 2.75) is 36.2 Å². The highest BCUT2D eigenvalue weighted by Crippen LogP contribution is 2.65. The molecule has 65 heavy (non-hydrogen) atoms. The van der Waals surface area contributed by atoms with Crippen molar-refractivity contribution in [1.29, 1.82) is 0 Å². The molecule has 0 bridgehead atoms. The Balaban J connectivity index is 1.18. The fourth-order valence-corrected chi connectivity index (χ4v) is 10.8. The van der Waals surface area contributed by atoms with E-state index in [2.05, 4.69) is 39.5 Å². The lowest BCUT2D eigenvalue weighted by atomic mass is 9.65. The summed E-state index contributed by atoms with van der Waals surface area (Å²) in [5.41, 5.74) is 4.06. The maximum atomic E-state index is 15.6. The van der Waals surface area contributed by atoms with Crippen molar-refractivity contribution in [3.05, 3.63) is 191 Å². The van der Waals surface area contributed by atoms with E-state index in [0.717, 1.165) is 22.4 Å². The van der Waals surface area contributed by atoms with E-state index in [1.54, 1.807) is 6.07 Å². The second kappa shape index (κ2) is 17.8. The normalized spacial score (nSPS) is 22.2. The average molecular weight is 880 g/mol. The summed E-state index contributed by atoms with van der Waals surface area (Å²) in [4.78, 5) is 55.4. The third-order valence-electron chi connectivity index (χ3n) is 12.5. The number of rotatable bonds is 11. The number of esters is 1. The second-order valence-corrected chi connectivity index (χ2v) is 17.6. The first-order valence-electron chi connectivity index (χ1n) is 21.6. The molecule has 4 heterocycles. The van der Waals surface area contributed by atoms with Crippen molar-refractivity contribution >= 4 is 50.2 Å². The topological polar surface area (TPSA) is 133 Å². The summed E-state index contributed by atoms with van der Waals surface area (Å²) in [7, 11) is 2.01. The van der Waals surface area contributed by atoms with Gasteiger partial charge >= 0.3 is 5.97 Å². The van der Waals surface area contributed by atoms with Crippen LogP contribution in [0.2, 0.25) is 0 Å². The largest absolute Gasteiger partial charge is 0.491 e. The highest BCUT2D eigenvalue weighted by molar-refractivity contribution is 7.22. The van der Waals surface area contributed by atoms with Crippen LogP contribution in [0.25, 0.3) is 10.2 Å². The minimum absolute atomic E-state index is 0.0414. The van der Waals surface area contributed by atoms with Crippen molar-refractivity contribution in [3.63, 3.8) is 0 Å². The van der Waals surface area contributed by atoms with E-state index in [-0.39, 0.29) is 13.2 Å². The quantitative estimate of drug-likeness (QED) is 0.0872. The van der Waals surface area contributed by atoms with Crippen molar-refractivity contribution in [1.82, 2.24) is 14.8 Å². The summed E-state index contributed by atoms with van der Waals surface area (Å²) in [5, 5.41) is 16.3. The molecule has 11 nitrogen and oxygen atoms in total. The summed E-state index contributed by atoms with van der Waals surface area (Å²) >= 11 is 1.32. The molecule has 6 atom stereocenters. The fraction of sp³-hybridized carbons (Fsp3) is 0.208. The lowest BCUT2D eigenvalue weighted by Gasteiger charge is -2.46. The highest BCUT2D eigenvalue weighted by Gasteiger charge is 2.74. The SMILES string of the molecule is CN(CC#Cc1ccc2c(c1)C1(C(=O)N2)C(C(=O)Nc2nc3ccccc3s2)C2C(=O)OC(c3ccccc3)C(c3ccccc3)N2C1c1cccc(OCCO)c1)Cc1ccccc1. The van der Waals surface area contributed by atoms with Crippen LogP contribution >= 0.6 is 11.3 Å². The zero-order valence-electron chi connectivity index (χ0n) is 35.5. The second-order valence-electron chi connectivity index (χ2n) is 16.6. The molecule has 2 fully saturated rings. The molecule has 0 saturated carbocycles.